The fourth-order valence-electron chi connectivity index (χ4n) is 0.950. The molecule has 0 saturated carbocycles. The van der Waals surface area contributed by atoms with Gasteiger partial charge in [0.1, 0.15) is 10.3 Å². The van der Waals surface area contributed by atoms with Gasteiger partial charge < -0.3 is 5.11 Å². The van der Waals surface area contributed by atoms with E-state index in [2.05, 4.69) is 20.9 Å². The molecule has 1 heterocycles. The Kier molecular flexibility index (Phi) is 7.93. The predicted molar refractivity (Wildman–Crippen MR) is 64.2 cm³/mol. The van der Waals surface area contributed by atoms with Gasteiger partial charge in [0.15, 0.2) is 6.17 Å². The molecule has 5 heteroatoms. The van der Waals surface area contributed by atoms with Crippen LogP contribution < -0.4 is 0 Å². The number of carbonyl (C=O) groups is 1. The standard InChI is InChI=1S/C9H9BrFNO2.C2H6/c10-8-3-1-2-7(12-8)9(14)6(11)4-5-13;1-2/h1-3,6,13H,4-5H2;1-2H3. The first-order valence-electron chi connectivity index (χ1n) is 5.07. The highest BCUT2D eigenvalue weighted by Gasteiger charge is 2.19. The zero-order valence-corrected chi connectivity index (χ0v) is 10.9. The van der Waals surface area contributed by atoms with Crippen LogP contribution in [0.4, 0.5) is 4.39 Å². The van der Waals surface area contributed by atoms with Crippen molar-refractivity contribution < 1.29 is 14.3 Å². The van der Waals surface area contributed by atoms with E-state index in [-0.39, 0.29) is 18.7 Å². The molecule has 0 amide bonds. The number of nitrogens with zero attached hydrogens (tertiary/aromatic N) is 1. The Labute approximate surface area is 103 Å². The lowest BCUT2D eigenvalue weighted by Gasteiger charge is -2.04. The highest BCUT2D eigenvalue weighted by Crippen LogP contribution is 2.11. The molecule has 1 unspecified atom stereocenters. The number of hydrogen-bond acceptors (Lipinski definition) is 3. The second kappa shape index (κ2) is 8.35. The minimum atomic E-state index is -1.68. The van der Waals surface area contributed by atoms with E-state index in [1.54, 1.807) is 12.1 Å². The Bertz CT molecular complexity index is 334. The average molecular weight is 292 g/mol. The number of aliphatic hydroxyl groups is 1. The number of alkyl halides is 1. The predicted octanol–water partition coefficient (Wildman–Crippen LogP) is 2.77. The summed E-state index contributed by atoms with van der Waals surface area (Å²) >= 11 is 3.08. The lowest BCUT2D eigenvalue weighted by Crippen LogP contribution is -2.18. The number of halogens is 2. The van der Waals surface area contributed by atoms with E-state index in [1.807, 2.05) is 13.8 Å². The summed E-state index contributed by atoms with van der Waals surface area (Å²) in [5.74, 6) is -0.694. The van der Waals surface area contributed by atoms with Gasteiger partial charge in [-0.05, 0) is 28.1 Å². The van der Waals surface area contributed by atoms with Crippen molar-refractivity contribution in [3.8, 4) is 0 Å². The van der Waals surface area contributed by atoms with Crippen LogP contribution in [0.2, 0.25) is 0 Å². The number of aromatic nitrogens is 1. The molecule has 1 rings (SSSR count). The average Bonchev–Trinajstić information content (AvgIpc) is 2.31. The van der Waals surface area contributed by atoms with Gasteiger partial charge in [-0.15, -0.1) is 0 Å². The molecule has 0 aliphatic carbocycles. The van der Waals surface area contributed by atoms with E-state index < -0.39 is 12.0 Å². The molecule has 0 aromatic carbocycles. The molecule has 90 valence electrons. The van der Waals surface area contributed by atoms with E-state index in [4.69, 9.17) is 5.11 Å². The molecule has 1 N–H and O–H groups in total. The lowest BCUT2D eigenvalue weighted by molar-refractivity contribution is 0.0840. The number of carbonyl (C=O) groups excluding carboxylic acids is 1. The molecule has 0 saturated heterocycles. The summed E-state index contributed by atoms with van der Waals surface area (Å²) in [5, 5.41) is 8.47. The van der Waals surface area contributed by atoms with Crippen LogP contribution in [-0.4, -0.2) is 28.7 Å². The third kappa shape index (κ3) is 4.81. The fraction of sp³-hybridized carbons (Fsp3) is 0.455. The largest absolute Gasteiger partial charge is 0.396 e. The molecule has 1 aromatic rings. The van der Waals surface area contributed by atoms with Gasteiger partial charge in [0.05, 0.1) is 0 Å². The Balaban J connectivity index is 0.00000106. The quantitative estimate of drug-likeness (QED) is 0.685. The number of ketones is 1. The van der Waals surface area contributed by atoms with Crippen LogP contribution in [-0.2, 0) is 0 Å². The monoisotopic (exact) mass is 291 g/mol. The first-order chi connectivity index (χ1) is 7.65. The van der Waals surface area contributed by atoms with Gasteiger partial charge >= 0.3 is 0 Å². The fourth-order valence-corrected chi connectivity index (χ4v) is 1.29. The van der Waals surface area contributed by atoms with Gasteiger partial charge in [0, 0.05) is 13.0 Å². The number of Topliss-reactive ketones (excluding diaryl/α,β-unsaturated/α-hetero) is 1. The number of rotatable bonds is 4. The van der Waals surface area contributed by atoms with Gasteiger partial charge in [-0.1, -0.05) is 19.9 Å². The molecule has 16 heavy (non-hydrogen) atoms. The molecule has 0 bridgehead atoms. The van der Waals surface area contributed by atoms with Crippen LogP contribution in [0, 0.1) is 0 Å². The zero-order valence-electron chi connectivity index (χ0n) is 9.28. The second-order valence-electron chi connectivity index (χ2n) is 2.69. The summed E-state index contributed by atoms with van der Waals surface area (Å²) in [4.78, 5) is 15.1. The van der Waals surface area contributed by atoms with Crippen molar-refractivity contribution in [2.24, 2.45) is 0 Å². The van der Waals surface area contributed by atoms with Crippen LogP contribution in [0.5, 0.6) is 0 Å². The summed E-state index contributed by atoms with van der Waals surface area (Å²) < 4.78 is 13.5. The van der Waals surface area contributed by atoms with Gasteiger partial charge in [0.2, 0.25) is 5.78 Å². The van der Waals surface area contributed by atoms with Crippen molar-refractivity contribution in [2.45, 2.75) is 26.4 Å². The Hall–Kier alpha value is -0.810. The van der Waals surface area contributed by atoms with Crippen LogP contribution in [0.3, 0.4) is 0 Å². The van der Waals surface area contributed by atoms with Crippen molar-refractivity contribution >= 4 is 21.7 Å². The second-order valence-corrected chi connectivity index (χ2v) is 3.50. The Morgan fingerprint density at radius 3 is 2.69 bits per heavy atom. The highest BCUT2D eigenvalue weighted by atomic mass is 79.9. The van der Waals surface area contributed by atoms with Crippen molar-refractivity contribution in [3.63, 3.8) is 0 Å². The SMILES string of the molecule is CC.O=C(c1cccc(Br)n1)C(F)CCO. The summed E-state index contributed by atoms with van der Waals surface area (Å²) in [6, 6.07) is 4.70. The Morgan fingerprint density at radius 1 is 1.56 bits per heavy atom. The van der Waals surface area contributed by atoms with Crippen molar-refractivity contribution in [2.75, 3.05) is 6.61 Å². The van der Waals surface area contributed by atoms with E-state index in [1.165, 1.54) is 6.07 Å². The van der Waals surface area contributed by atoms with Crippen molar-refractivity contribution in [1.29, 1.82) is 0 Å². The Morgan fingerprint density at radius 2 is 2.19 bits per heavy atom. The van der Waals surface area contributed by atoms with Crippen molar-refractivity contribution in [3.05, 3.63) is 28.5 Å². The molecule has 1 aromatic heterocycles. The van der Waals surface area contributed by atoms with Crippen LogP contribution in [0.25, 0.3) is 0 Å². The smallest absolute Gasteiger partial charge is 0.215 e. The summed E-state index contributed by atoms with van der Waals surface area (Å²) in [6.45, 7) is 3.65. The van der Waals surface area contributed by atoms with Crippen LogP contribution in [0.15, 0.2) is 22.8 Å². The van der Waals surface area contributed by atoms with Crippen LogP contribution >= 0.6 is 15.9 Å². The van der Waals surface area contributed by atoms with Gasteiger partial charge in [-0.25, -0.2) is 9.37 Å². The number of hydrogen-bond donors (Lipinski definition) is 1. The van der Waals surface area contributed by atoms with E-state index in [0.29, 0.717) is 4.60 Å². The topological polar surface area (TPSA) is 50.2 Å². The molecule has 0 aliphatic rings. The van der Waals surface area contributed by atoms with Crippen molar-refractivity contribution in [1.82, 2.24) is 4.98 Å². The van der Waals surface area contributed by atoms with Gasteiger partial charge in [0.25, 0.3) is 0 Å². The molecular weight excluding hydrogens is 277 g/mol. The normalized spacial score (nSPS) is 11.3. The summed E-state index contributed by atoms with van der Waals surface area (Å²) in [7, 11) is 0. The van der Waals surface area contributed by atoms with Gasteiger partial charge in [-0.3, -0.25) is 4.79 Å². The maximum Gasteiger partial charge on any atom is 0.215 e. The highest BCUT2D eigenvalue weighted by molar-refractivity contribution is 9.10. The third-order valence-corrected chi connectivity index (χ3v) is 2.08. The summed E-state index contributed by atoms with van der Waals surface area (Å²) in [6.07, 6.45) is -1.87. The minimum absolute atomic E-state index is 0.0697. The molecule has 0 radical (unpaired) electrons. The van der Waals surface area contributed by atoms with E-state index in [9.17, 15) is 9.18 Å². The lowest BCUT2D eigenvalue weighted by atomic mass is 10.1. The maximum absolute atomic E-state index is 13.0. The molecule has 0 spiro atoms. The maximum atomic E-state index is 13.0. The number of pyridine rings is 1. The molecular formula is C11H15BrFNO2. The molecule has 0 fully saturated rings. The molecule has 3 nitrogen and oxygen atoms in total. The first kappa shape index (κ1) is 15.2. The minimum Gasteiger partial charge on any atom is -0.396 e. The zero-order chi connectivity index (χ0) is 12.6. The third-order valence-electron chi connectivity index (χ3n) is 1.63. The van der Waals surface area contributed by atoms with E-state index >= 15 is 0 Å². The van der Waals surface area contributed by atoms with Crippen LogP contribution in [0.1, 0.15) is 30.8 Å². The molecule has 0 aliphatic heterocycles. The first-order valence-corrected chi connectivity index (χ1v) is 5.86. The van der Waals surface area contributed by atoms with Gasteiger partial charge in [-0.2, -0.15) is 0 Å². The molecule has 1 atom stereocenters. The summed E-state index contributed by atoms with van der Waals surface area (Å²) in [5.41, 5.74) is 0.0697. The van der Waals surface area contributed by atoms with E-state index in [0.717, 1.165) is 0 Å². The number of aliphatic hydroxyl groups excluding tert-OH is 1.